The number of nitrogens with zero attached hydrogens (tertiary/aromatic N) is 2. The molecule has 2 aromatic heterocycles. The lowest BCUT2D eigenvalue weighted by atomic mass is 10.1. The molecule has 0 aliphatic carbocycles. The van der Waals surface area contributed by atoms with E-state index in [0.717, 1.165) is 20.1 Å². The highest BCUT2D eigenvalue weighted by molar-refractivity contribution is 9.11. The Morgan fingerprint density at radius 1 is 0.786 bits per heavy atom. The molecule has 0 atom stereocenters. The molecule has 0 saturated carbocycles. The fourth-order valence-electron chi connectivity index (χ4n) is 1.19. The summed E-state index contributed by atoms with van der Waals surface area (Å²) in [5, 5.41) is 0. The van der Waals surface area contributed by atoms with Crippen LogP contribution in [-0.2, 0) is 0 Å². The number of hydrogen-bond acceptors (Lipinski definition) is 2. The number of aromatic nitrogens is 2. The van der Waals surface area contributed by atoms with Gasteiger partial charge >= 0.3 is 0 Å². The minimum Gasteiger partial charge on any atom is -0.264 e. The molecule has 0 amide bonds. The number of rotatable bonds is 1. The Morgan fingerprint density at radius 3 is 1.57 bits per heavy atom. The van der Waals surface area contributed by atoms with Crippen LogP contribution in [0.2, 0.25) is 0 Å². The van der Waals surface area contributed by atoms with Crippen LogP contribution in [0.1, 0.15) is 0 Å². The Bertz CT molecular complexity index is 414. The first-order valence-electron chi connectivity index (χ1n) is 3.98. The molecular formula is C10H6Br2N2. The SMILES string of the molecule is Brc1cnccc1-c1ccncc1Br. The van der Waals surface area contributed by atoms with Crippen molar-refractivity contribution in [1.82, 2.24) is 9.97 Å². The van der Waals surface area contributed by atoms with Gasteiger partial charge in [-0.1, -0.05) is 0 Å². The molecule has 2 aromatic rings. The van der Waals surface area contributed by atoms with E-state index in [1.54, 1.807) is 24.8 Å². The van der Waals surface area contributed by atoms with Crippen LogP contribution in [0.4, 0.5) is 0 Å². The van der Waals surface area contributed by atoms with Crippen molar-refractivity contribution in [2.24, 2.45) is 0 Å². The van der Waals surface area contributed by atoms with E-state index in [4.69, 9.17) is 0 Å². The predicted molar refractivity (Wildman–Crippen MR) is 62.9 cm³/mol. The lowest BCUT2D eigenvalue weighted by Gasteiger charge is -2.05. The van der Waals surface area contributed by atoms with Crippen LogP contribution >= 0.6 is 31.9 Å². The Hall–Kier alpha value is -0.740. The van der Waals surface area contributed by atoms with Crippen molar-refractivity contribution in [3.63, 3.8) is 0 Å². The van der Waals surface area contributed by atoms with Crippen LogP contribution in [0, 0.1) is 0 Å². The molecule has 0 aliphatic heterocycles. The summed E-state index contributed by atoms with van der Waals surface area (Å²) in [6.07, 6.45) is 7.10. The van der Waals surface area contributed by atoms with E-state index in [2.05, 4.69) is 41.8 Å². The van der Waals surface area contributed by atoms with Crippen LogP contribution in [0.25, 0.3) is 11.1 Å². The van der Waals surface area contributed by atoms with E-state index in [-0.39, 0.29) is 0 Å². The van der Waals surface area contributed by atoms with E-state index in [9.17, 15) is 0 Å². The van der Waals surface area contributed by atoms with Gasteiger partial charge in [-0.05, 0) is 44.0 Å². The zero-order chi connectivity index (χ0) is 9.97. The van der Waals surface area contributed by atoms with Crippen LogP contribution in [0.3, 0.4) is 0 Å². The normalized spacial score (nSPS) is 10.1. The van der Waals surface area contributed by atoms with Gasteiger partial charge in [0.1, 0.15) is 0 Å². The van der Waals surface area contributed by atoms with Gasteiger partial charge in [0.15, 0.2) is 0 Å². The summed E-state index contributed by atoms with van der Waals surface area (Å²) in [7, 11) is 0. The fraction of sp³-hybridized carbons (Fsp3) is 0. The molecule has 0 fully saturated rings. The van der Waals surface area contributed by atoms with Crippen molar-refractivity contribution in [1.29, 1.82) is 0 Å². The molecular weight excluding hydrogens is 308 g/mol. The molecule has 0 aromatic carbocycles. The van der Waals surface area contributed by atoms with Gasteiger partial charge in [-0.15, -0.1) is 0 Å². The lowest BCUT2D eigenvalue weighted by Crippen LogP contribution is -1.83. The van der Waals surface area contributed by atoms with Crippen molar-refractivity contribution in [3.05, 3.63) is 45.9 Å². The Labute approximate surface area is 98.7 Å². The van der Waals surface area contributed by atoms with Gasteiger partial charge in [-0.3, -0.25) is 9.97 Å². The van der Waals surface area contributed by atoms with Crippen molar-refractivity contribution in [3.8, 4) is 11.1 Å². The van der Waals surface area contributed by atoms with Crippen LogP contribution in [-0.4, -0.2) is 9.97 Å². The predicted octanol–water partition coefficient (Wildman–Crippen LogP) is 3.67. The Balaban J connectivity index is 2.61. The minimum atomic E-state index is 0.979. The van der Waals surface area contributed by atoms with Crippen molar-refractivity contribution in [2.45, 2.75) is 0 Å². The van der Waals surface area contributed by atoms with E-state index in [1.807, 2.05) is 12.1 Å². The van der Waals surface area contributed by atoms with Gasteiger partial charge in [-0.2, -0.15) is 0 Å². The Morgan fingerprint density at radius 2 is 1.21 bits per heavy atom. The topological polar surface area (TPSA) is 25.8 Å². The monoisotopic (exact) mass is 312 g/mol. The summed E-state index contributed by atoms with van der Waals surface area (Å²) < 4.78 is 1.96. The van der Waals surface area contributed by atoms with E-state index in [0.29, 0.717) is 0 Å². The summed E-state index contributed by atoms with van der Waals surface area (Å²) in [5.74, 6) is 0. The van der Waals surface area contributed by atoms with E-state index >= 15 is 0 Å². The lowest BCUT2D eigenvalue weighted by molar-refractivity contribution is 1.28. The van der Waals surface area contributed by atoms with Crippen molar-refractivity contribution >= 4 is 31.9 Å². The van der Waals surface area contributed by atoms with Crippen molar-refractivity contribution in [2.75, 3.05) is 0 Å². The van der Waals surface area contributed by atoms with E-state index < -0.39 is 0 Å². The largest absolute Gasteiger partial charge is 0.264 e. The Kier molecular flexibility index (Phi) is 2.93. The molecule has 0 spiro atoms. The second-order valence-corrected chi connectivity index (χ2v) is 4.42. The summed E-state index contributed by atoms with van der Waals surface area (Å²) in [6, 6.07) is 3.92. The van der Waals surface area contributed by atoms with Gasteiger partial charge in [0.05, 0.1) is 0 Å². The van der Waals surface area contributed by atoms with Gasteiger partial charge in [0.25, 0.3) is 0 Å². The molecule has 0 radical (unpaired) electrons. The highest BCUT2D eigenvalue weighted by Crippen LogP contribution is 2.31. The smallest absolute Gasteiger partial charge is 0.0437 e. The maximum Gasteiger partial charge on any atom is 0.0437 e. The molecule has 4 heteroatoms. The maximum absolute atomic E-state index is 4.02. The third-order valence-corrected chi connectivity index (χ3v) is 3.10. The molecule has 14 heavy (non-hydrogen) atoms. The highest BCUT2D eigenvalue weighted by atomic mass is 79.9. The minimum absolute atomic E-state index is 0.979. The van der Waals surface area contributed by atoms with Crippen LogP contribution in [0.5, 0.6) is 0 Å². The fourth-order valence-corrected chi connectivity index (χ4v) is 2.12. The van der Waals surface area contributed by atoms with Crippen LogP contribution in [0.15, 0.2) is 45.9 Å². The van der Waals surface area contributed by atoms with Gasteiger partial charge in [0, 0.05) is 44.9 Å². The average molecular weight is 314 g/mol. The first kappa shape index (κ1) is 9.80. The number of pyridine rings is 2. The zero-order valence-electron chi connectivity index (χ0n) is 7.11. The third-order valence-electron chi connectivity index (χ3n) is 1.84. The summed E-state index contributed by atoms with van der Waals surface area (Å²) in [4.78, 5) is 8.04. The quantitative estimate of drug-likeness (QED) is 0.803. The molecule has 2 nitrogen and oxygen atoms in total. The molecule has 2 rings (SSSR count). The molecule has 0 unspecified atom stereocenters. The first-order valence-corrected chi connectivity index (χ1v) is 5.57. The maximum atomic E-state index is 4.02. The van der Waals surface area contributed by atoms with Crippen LogP contribution < -0.4 is 0 Å². The summed E-state index contributed by atoms with van der Waals surface area (Å²) in [5.41, 5.74) is 2.21. The molecule has 2 heterocycles. The van der Waals surface area contributed by atoms with E-state index in [1.165, 1.54) is 0 Å². The van der Waals surface area contributed by atoms with Gasteiger partial charge < -0.3 is 0 Å². The van der Waals surface area contributed by atoms with Gasteiger partial charge in [-0.25, -0.2) is 0 Å². The molecule has 0 saturated heterocycles. The highest BCUT2D eigenvalue weighted by Gasteiger charge is 2.05. The summed E-state index contributed by atoms with van der Waals surface area (Å²) in [6.45, 7) is 0. The summed E-state index contributed by atoms with van der Waals surface area (Å²) >= 11 is 6.93. The zero-order valence-corrected chi connectivity index (χ0v) is 10.3. The molecule has 0 bridgehead atoms. The second kappa shape index (κ2) is 4.19. The average Bonchev–Trinajstić information content (AvgIpc) is 2.20. The third kappa shape index (κ3) is 1.86. The first-order chi connectivity index (χ1) is 6.79. The second-order valence-electron chi connectivity index (χ2n) is 2.71. The number of halogens is 2. The molecule has 70 valence electrons. The van der Waals surface area contributed by atoms with Gasteiger partial charge in [0.2, 0.25) is 0 Å². The van der Waals surface area contributed by atoms with Crippen molar-refractivity contribution < 1.29 is 0 Å². The standard InChI is InChI=1S/C10H6Br2N2/c11-9-5-13-3-1-7(9)8-2-4-14-6-10(8)12/h1-6H. The molecule has 0 N–H and O–H groups in total. The number of hydrogen-bond donors (Lipinski definition) is 0. The molecule has 0 aliphatic rings.